The minimum atomic E-state index is -1.28. The third-order valence-corrected chi connectivity index (χ3v) is 5.70. The second-order valence-corrected chi connectivity index (χ2v) is 8.67. The molecule has 10 nitrogen and oxygen atoms in total. The van der Waals surface area contributed by atoms with Crippen LogP contribution in [0.15, 0.2) is 24.3 Å². The normalized spacial score (nSPS) is 20.7. The smallest absolute Gasteiger partial charge is 0.411 e. The van der Waals surface area contributed by atoms with Crippen molar-refractivity contribution in [2.75, 3.05) is 34.4 Å². The molecular weight excluding hydrogens is 414 g/mol. The van der Waals surface area contributed by atoms with Gasteiger partial charge in [-0.1, -0.05) is 11.8 Å². The highest BCUT2D eigenvalue weighted by molar-refractivity contribution is 8.14. The fourth-order valence-electron chi connectivity index (χ4n) is 3.49. The Morgan fingerprint density at radius 1 is 1.30 bits per heavy atom. The van der Waals surface area contributed by atoms with Crippen molar-refractivity contribution in [3.8, 4) is 0 Å². The van der Waals surface area contributed by atoms with Gasteiger partial charge in [0.15, 0.2) is 5.12 Å². The number of methoxy groups -OCH3 is 1. The number of likely N-dealkylation sites (N-methyl/N-ethyl adjacent to an activating group) is 1. The lowest BCUT2D eigenvalue weighted by Gasteiger charge is -2.37. The second-order valence-electron chi connectivity index (χ2n) is 7.19. The van der Waals surface area contributed by atoms with Gasteiger partial charge in [-0.05, 0) is 24.1 Å². The topological polar surface area (TPSA) is 119 Å². The number of thioether (sulfide) groups is 1. The fraction of sp³-hybridized carbons (Fsp3) is 0.526. The van der Waals surface area contributed by atoms with E-state index < -0.39 is 16.6 Å². The second kappa shape index (κ2) is 9.90. The van der Waals surface area contributed by atoms with E-state index in [2.05, 4.69) is 0 Å². The molecule has 0 radical (unpaired) electrons. The molecule has 164 valence electrons. The van der Waals surface area contributed by atoms with Crippen molar-refractivity contribution in [2.24, 2.45) is 0 Å². The number of carbonyl (C=O) groups excluding carboxylic acids is 3. The summed E-state index contributed by atoms with van der Waals surface area (Å²) in [5.74, 6) is -0.316. The predicted molar refractivity (Wildman–Crippen MR) is 110 cm³/mol. The molecule has 1 aromatic rings. The van der Waals surface area contributed by atoms with Gasteiger partial charge in [0.1, 0.15) is 12.1 Å². The minimum Gasteiger partial charge on any atom is -0.445 e. The molecule has 11 heteroatoms. The number of likely N-dealkylation sites (tertiary alicyclic amines) is 1. The van der Waals surface area contributed by atoms with Crippen molar-refractivity contribution in [1.29, 1.82) is 0 Å². The van der Waals surface area contributed by atoms with Gasteiger partial charge >= 0.3 is 6.09 Å². The first-order valence-corrected chi connectivity index (χ1v) is 10.0. The van der Waals surface area contributed by atoms with Crippen LogP contribution in [0.4, 0.5) is 10.5 Å². The van der Waals surface area contributed by atoms with E-state index >= 15 is 0 Å². The highest BCUT2D eigenvalue weighted by atomic mass is 32.2. The zero-order chi connectivity index (χ0) is 22.5. The Kier molecular flexibility index (Phi) is 7.79. The molecule has 0 aliphatic carbocycles. The first-order valence-electron chi connectivity index (χ1n) is 9.16. The summed E-state index contributed by atoms with van der Waals surface area (Å²) < 4.78 is 10.7. The van der Waals surface area contributed by atoms with Gasteiger partial charge < -0.3 is 14.4 Å². The summed E-state index contributed by atoms with van der Waals surface area (Å²) in [5, 5.41) is 10.4. The summed E-state index contributed by atoms with van der Waals surface area (Å²) >= 11 is 1.08. The molecule has 1 fully saturated rings. The van der Waals surface area contributed by atoms with E-state index in [1.165, 1.54) is 48.1 Å². The molecule has 0 unspecified atom stereocenters. The summed E-state index contributed by atoms with van der Waals surface area (Å²) in [4.78, 5) is 50.5. The Morgan fingerprint density at radius 2 is 1.93 bits per heavy atom. The molecule has 1 heterocycles. The number of hydrogen-bond donors (Lipinski definition) is 0. The van der Waals surface area contributed by atoms with Gasteiger partial charge in [-0.15, -0.1) is 0 Å². The SMILES string of the molecule is COC[C@]1(C(=O)N(C)C)C[C@H](SC(C)=O)CN1C(=O)OCc1ccc([N+](=O)[O-])cc1. The Labute approximate surface area is 178 Å². The van der Waals surface area contributed by atoms with Gasteiger partial charge in [-0.2, -0.15) is 0 Å². The number of ether oxygens (including phenoxy) is 2. The van der Waals surface area contributed by atoms with Crippen LogP contribution in [-0.2, 0) is 25.7 Å². The van der Waals surface area contributed by atoms with Crippen LogP contribution in [0.3, 0.4) is 0 Å². The average Bonchev–Trinajstić information content (AvgIpc) is 3.04. The zero-order valence-corrected chi connectivity index (χ0v) is 18.1. The number of nitro benzene ring substituents is 1. The van der Waals surface area contributed by atoms with Gasteiger partial charge in [0.05, 0.1) is 11.5 Å². The highest BCUT2D eigenvalue weighted by Gasteiger charge is 2.55. The predicted octanol–water partition coefficient (Wildman–Crippen LogP) is 2.06. The molecule has 1 aliphatic rings. The summed E-state index contributed by atoms with van der Waals surface area (Å²) in [7, 11) is 4.62. The maximum Gasteiger partial charge on any atom is 0.411 e. The molecule has 0 N–H and O–H groups in total. The van der Waals surface area contributed by atoms with Crippen molar-refractivity contribution in [3.63, 3.8) is 0 Å². The van der Waals surface area contributed by atoms with Crippen LogP contribution in [0.2, 0.25) is 0 Å². The molecule has 2 rings (SSSR count). The Balaban J connectivity index is 2.22. The summed E-state index contributed by atoms with van der Waals surface area (Å²) in [6.07, 6.45) is -0.457. The average molecular weight is 439 g/mol. The van der Waals surface area contributed by atoms with Crippen LogP contribution in [0.1, 0.15) is 18.9 Å². The first kappa shape index (κ1) is 23.6. The van der Waals surface area contributed by atoms with Crippen molar-refractivity contribution in [2.45, 2.75) is 30.7 Å². The molecule has 2 amide bonds. The van der Waals surface area contributed by atoms with E-state index in [0.717, 1.165) is 11.8 Å². The number of carbonyl (C=O) groups is 3. The van der Waals surface area contributed by atoms with Gasteiger partial charge in [0.2, 0.25) is 0 Å². The molecular formula is C19H25N3O7S. The van der Waals surface area contributed by atoms with E-state index in [0.29, 0.717) is 5.56 Å². The van der Waals surface area contributed by atoms with Gasteiger partial charge in [-0.25, -0.2) is 4.79 Å². The van der Waals surface area contributed by atoms with E-state index in [-0.39, 0.29) is 48.1 Å². The monoisotopic (exact) mass is 439 g/mol. The maximum atomic E-state index is 13.0. The van der Waals surface area contributed by atoms with Crippen LogP contribution in [0, 0.1) is 10.1 Å². The van der Waals surface area contributed by atoms with Gasteiger partial charge in [-0.3, -0.25) is 24.6 Å². The van der Waals surface area contributed by atoms with Crippen molar-refractivity contribution in [3.05, 3.63) is 39.9 Å². The molecule has 2 atom stereocenters. The van der Waals surface area contributed by atoms with Crippen molar-refractivity contribution in [1.82, 2.24) is 9.80 Å². The van der Waals surface area contributed by atoms with Crippen LogP contribution in [-0.4, -0.2) is 77.0 Å². The first-order chi connectivity index (χ1) is 14.1. The third kappa shape index (κ3) is 5.28. The molecule has 1 aromatic carbocycles. The van der Waals surface area contributed by atoms with E-state index in [9.17, 15) is 24.5 Å². The van der Waals surface area contributed by atoms with Crippen LogP contribution in [0.5, 0.6) is 0 Å². The molecule has 0 bridgehead atoms. The lowest BCUT2D eigenvalue weighted by Crippen LogP contribution is -2.59. The number of hydrogen-bond acceptors (Lipinski definition) is 8. The highest BCUT2D eigenvalue weighted by Crippen LogP contribution is 2.38. The minimum absolute atomic E-state index is 0.0361. The lowest BCUT2D eigenvalue weighted by atomic mass is 9.95. The number of rotatable bonds is 7. The summed E-state index contributed by atoms with van der Waals surface area (Å²) in [6.45, 7) is 1.45. The largest absolute Gasteiger partial charge is 0.445 e. The van der Waals surface area contributed by atoms with Gasteiger partial charge in [0.25, 0.3) is 11.6 Å². The third-order valence-electron chi connectivity index (χ3n) is 4.72. The number of nitro groups is 1. The molecule has 30 heavy (non-hydrogen) atoms. The lowest BCUT2D eigenvalue weighted by molar-refractivity contribution is -0.384. The fourth-order valence-corrected chi connectivity index (χ4v) is 4.54. The van der Waals surface area contributed by atoms with E-state index in [1.54, 1.807) is 14.1 Å². The number of benzene rings is 1. The van der Waals surface area contributed by atoms with Crippen LogP contribution in [0.25, 0.3) is 0 Å². The van der Waals surface area contributed by atoms with Crippen molar-refractivity contribution < 1.29 is 28.8 Å². The summed E-state index contributed by atoms with van der Waals surface area (Å²) in [5.41, 5.74) is -0.777. The molecule has 1 aliphatic heterocycles. The maximum absolute atomic E-state index is 13.0. The quantitative estimate of drug-likeness (QED) is 0.468. The molecule has 1 saturated heterocycles. The summed E-state index contributed by atoms with van der Waals surface area (Å²) in [6, 6.07) is 5.64. The van der Waals surface area contributed by atoms with Crippen LogP contribution >= 0.6 is 11.8 Å². The molecule has 0 aromatic heterocycles. The number of amides is 2. The van der Waals surface area contributed by atoms with E-state index in [1.807, 2.05) is 0 Å². The van der Waals surface area contributed by atoms with E-state index in [4.69, 9.17) is 9.47 Å². The molecule has 0 spiro atoms. The Morgan fingerprint density at radius 3 is 2.43 bits per heavy atom. The standard InChI is InChI=1S/C19H25N3O7S/c1-13(23)30-16-9-19(12-28-4,17(24)20(2)3)21(10-16)18(25)29-11-14-5-7-15(8-6-14)22(26)27/h5-8,16H,9-12H2,1-4H3/t16-,19-/m0/s1. The Bertz CT molecular complexity index is 815. The van der Waals surface area contributed by atoms with Crippen molar-refractivity contribution >= 4 is 34.6 Å². The number of nitrogens with zero attached hydrogens (tertiary/aromatic N) is 3. The molecule has 0 saturated carbocycles. The van der Waals surface area contributed by atoms with Gasteiger partial charge in [0, 0.05) is 52.1 Å². The zero-order valence-electron chi connectivity index (χ0n) is 17.3. The Hall–Kier alpha value is -2.66. The number of non-ortho nitro benzene ring substituents is 1. The van der Waals surface area contributed by atoms with Crippen LogP contribution < -0.4 is 0 Å².